The number of likely N-dealkylation sites (N-methyl/N-ethyl adjacent to an activating group) is 1. The molecule has 0 aliphatic heterocycles. The third-order valence-electron chi connectivity index (χ3n) is 3.02. The SMILES string of the molecule is CN(CCOCCO)c1ncnc2c1CCC2. The maximum absolute atomic E-state index is 8.62. The second kappa shape index (κ2) is 5.93. The van der Waals surface area contributed by atoms with Crippen molar-refractivity contribution in [3.8, 4) is 0 Å². The monoisotopic (exact) mass is 237 g/mol. The van der Waals surface area contributed by atoms with Gasteiger partial charge < -0.3 is 14.7 Å². The molecule has 0 bridgehead atoms. The molecule has 0 atom stereocenters. The van der Waals surface area contributed by atoms with E-state index < -0.39 is 0 Å². The molecule has 17 heavy (non-hydrogen) atoms. The van der Waals surface area contributed by atoms with E-state index in [4.69, 9.17) is 9.84 Å². The van der Waals surface area contributed by atoms with Crippen LogP contribution in [0.5, 0.6) is 0 Å². The van der Waals surface area contributed by atoms with Gasteiger partial charge in [-0.3, -0.25) is 0 Å². The van der Waals surface area contributed by atoms with Gasteiger partial charge in [-0.25, -0.2) is 9.97 Å². The van der Waals surface area contributed by atoms with Crippen molar-refractivity contribution in [2.75, 3.05) is 38.3 Å². The zero-order valence-corrected chi connectivity index (χ0v) is 10.2. The number of aliphatic hydroxyl groups excluding tert-OH is 1. The Morgan fingerprint density at radius 1 is 1.35 bits per heavy atom. The first kappa shape index (κ1) is 12.3. The minimum absolute atomic E-state index is 0.0760. The molecule has 0 saturated carbocycles. The van der Waals surface area contributed by atoms with Crippen molar-refractivity contribution in [2.24, 2.45) is 0 Å². The number of fused-ring (bicyclic) bond motifs is 1. The summed E-state index contributed by atoms with van der Waals surface area (Å²) < 4.78 is 5.26. The summed E-state index contributed by atoms with van der Waals surface area (Å²) in [5.74, 6) is 1.03. The van der Waals surface area contributed by atoms with Crippen LogP contribution in [0.2, 0.25) is 0 Å². The number of nitrogens with zero attached hydrogens (tertiary/aromatic N) is 3. The molecular formula is C12H19N3O2. The van der Waals surface area contributed by atoms with Crippen LogP contribution >= 0.6 is 0 Å². The highest BCUT2D eigenvalue weighted by molar-refractivity contribution is 5.49. The molecule has 0 saturated heterocycles. The summed E-state index contributed by atoms with van der Waals surface area (Å²) in [5.41, 5.74) is 2.48. The minimum Gasteiger partial charge on any atom is -0.394 e. The van der Waals surface area contributed by atoms with Crippen molar-refractivity contribution in [1.82, 2.24) is 9.97 Å². The Bertz CT molecular complexity index is 371. The second-order valence-corrected chi connectivity index (χ2v) is 4.23. The van der Waals surface area contributed by atoms with Gasteiger partial charge in [-0.1, -0.05) is 0 Å². The maximum atomic E-state index is 8.62. The van der Waals surface area contributed by atoms with Crippen molar-refractivity contribution in [2.45, 2.75) is 19.3 Å². The number of aliphatic hydroxyl groups is 1. The second-order valence-electron chi connectivity index (χ2n) is 4.23. The largest absolute Gasteiger partial charge is 0.394 e. The van der Waals surface area contributed by atoms with E-state index in [1.807, 2.05) is 7.05 Å². The van der Waals surface area contributed by atoms with Crippen LogP contribution in [0.4, 0.5) is 5.82 Å². The molecule has 5 nitrogen and oxygen atoms in total. The lowest BCUT2D eigenvalue weighted by Crippen LogP contribution is -2.25. The van der Waals surface area contributed by atoms with Gasteiger partial charge in [-0.05, 0) is 19.3 Å². The van der Waals surface area contributed by atoms with E-state index in [9.17, 15) is 0 Å². The van der Waals surface area contributed by atoms with E-state index in [1.165, 1.54) is 17.7 Å². The lowest BCUT2D eigenvalue weighted by Gasteiger charge is -2.20. The molecule has 2 rings (SSSR count). The van der Waals surface area contributed by atoms with Gasteiger partial charge in [-0.2, -0.15) is 0 Å². The predicted molar refractivity (Wildman–Crippen MR) is 65.2 cm³/mol. The fourth-order valence-electron chi connectivity index (χ4n) is 2.15. The van der Waals surface area contributed by atoms with Crippen LogP contribution < -0.4 is 4.90 Å². The van der Waals surface area contributed by atoms with Gasteiger partial charge in [-0.15, -0.1) is 0 Å². The zero-order valence-electron chi connectivity index (χ0n) is 10.2. The van der Waals surface area contributed by atoms with E-state index in [2.05, 4.69) is 14.9 Å². The number of ether oxygens (including phenoxy) is 1. The van der Waals surface area contributed by atoms with E-state index in [1.54, 1.807) is 6.33 Å². The first-order chi connectivity index (χ1) is 8.33. The summed E-state index contributed by atoms with van der Waals surface area (Å²) in [4.78, 5) is 10.8. The fourth-order valence-corrected chi connectivity index (χ4v) is 2.15. The lowest BCUT2D eigenvalue weighted by atomic mass is 10.2. The number of aryl methyl sites for hydroxylation is 1. The van der Waals surface area contributed by atoms with Gasteiger partial charge in [0.2, 0.25) is 0 Å². The Labute approximate surface area is 101 Å². The van der Waals surface area contributed by atoms with Gasteiger partial charge in [0.1, 0.15) is 12.1 Å². The predicted octanol–water partition coefficient (Wildman–Crippen LogP) is 0.410. The average molecular weight is 237 g/mol. The van der Waals surface area contributed by atoms with Gasteiger partial charge in [0, 0.05) is 24.8 Å². The van der Waals surface area contributed by atoms with E-state index in [0.29, 0.717) is 13.2 Å². The molecule has 0 spiro atoms. The average Bonchev–Trinajstić information content (AvgIpc) is 2.82. The molecule has 0 amide bonds. The first-order valence-electron chi connectivity index (χ1n) is 6.05. The molecule has 0 radical (unpaired) electrons. The van der Waals surface area contributed by atoms with Crippen LogP contribution in [-0.4, -0.2) is 48.5 Å². The molecule has 1 aromatic heterocycles. The number of anilines is 1. The van der Waals surface area contributed by atoms with Crippen LogP contribution in [0.3, 0.4) is 0 Å². The third-order valence-corrected chi connectivity index (χ3v) is 3.02. The lowest BCUT2D eigenvalue weighted by molar-refractivity contribution is 0.0970. The molecule has 1 aliphatic rings. The molecule has 0 unspecified atom stereocenters. The molecule has 1 heterocycles. The minimum atomic E-state index is 0.0760. The van der Waals surface area contributed by atoms with Crippen LogP contribution in [0, 0.1) is 0 Å². The summed E-state index contributed by atoms with van der Waals surface area (Å²) in [7, 11) is 2.02. The van der Waals surface area contributed by atoms with E-state index in [-0.39, 0.29) is 6.61 Å². The van der Waals surface area contributed by atoms with Crippen molar-refractivity contribution in [1.29, 1.82) is 0 Å². The van der Waals surface area contributed by atoms with Crippen molar-refractivity contribution < 1.29 is 9.84 Å². The van der Waals surface area contributed by atoms with Gasteiger partial charge in [0.25, 0.3) is 0 Å². The number of hydrogen-bond donors (Lipinski definition) is 1. The van der Waals surface area contributed by atoms with E-state index in [0.717, 1.165) is 25.2 Å². The van der Waals surface area contributed by atoms with E-state index >= 15 is 0 Å². The molecule has 94 valence electrons. The maximum Gasteiger partial charge on any atom is 0.135 e. The first-order valence-corrected chi connectivity index (χ1v) is 6.05. The van der Waals surface area contributed by atoms with Gasteiger partial charge in [0.15, 0.2) is 0 Å². The number of rotatable bonds is 6. The Morgan fingerprint density at radius 2 is 2.24 bits per heavy atom. The summed E-state index contributed by atoms with van der Waals surface area (Å²) in [5, 5.41) is 8.62. The van der Waals surface area contributed by atoms with Gasteiger partial charge >= 0.3 is 0 Å². The molecule has 0 aromatic carbocycles. The Kier molecular flexibility index (Phi) is 4.28. The number of hydrogen-bond acceptors (Lipinski definition) is 5. The summed E-state index contributed by atoms with van der Waals surface area (Å²) >= 11 is 0. The Morgan fingerprint density at radius 3 is 3.06 bits per heavy atom. The molecule has 1 N–H and O–H groups in total. The third kappa shape index (κ3) is 2.92. The summed E-state index contributed by atoms with van der Waals surface area (Å²) in [6.45, 7) is 1.86. The Hall–Kier alpha value is -1.20. The zero-order chi connectivity index (χ0) is 12.1. The smallest absolute Gasteiger partial charge is 0.135 e. The molecule has 5 heteroatoms. The molecule has 1 aliphatic carbocycles. The van der Waals surface area contributed by atoms with Crippen molar-refractivity contribution >= 4 is 5.82 Å². The van der Waals surface area contributed by atoms with Crippen LogP contribution in [-0.2, 0) is 17.6 Å². The van der Waals surface area contributed by atoms with Crippen LogP contribution in [0.25, 0.3) is 0 Å². The molecule has 1 aromatic rings. The fraction of sp³-hybridized carbons (Fsp3) is 0.667. The molecular weight excluding hydrogens is 218 g/mol. The van der Waals surface area contributed by atoms with Crippen LogP contribution in [0.1, 0.15) is 17.7 Å². The van der Waals surface area contributed by atoms with Crippen molar-refractivity contribution in [3.63, 3.8) is 0 Å². The normalized spacial score (nSPS) is 13.8. The standard InChI is InChI=1S/C12H19N3O2/c1-15(5-7-17-8-6-16)12-10-3-2-4-11(10)13-9-14-12/h9,16H,2-8H2,1H3. The van der Waals surface area contributed by atoms with Crippen molar-refractivity contribution in [3.05, 3.63) is 17.6 Å². The summed E-state index contributed by atoms with van der Waals surface area (Å²) in [6, 6.07) is 0. The molecule has 0 fully saturated rings. The highest BCUT2D eigenvalue weighted by atomic mass is 16.5. The highest BCUT2D eigenvalue weighted by Crippen LogP contribution is 2.26. The Balaban J connectivity index is 1.95. The number of aromatic nitrogens is 2. The quantitative estimate of drug-likeness (QED) is 0.726. The van der Waals surface area contributed by atoms with Crippen LogP contribution in [0.15, 0.2) is 6.33 Å². The summed E-state index contributed by atoms with van der Waals surface area (Å²) in [6.07, 6.45) is 4.97. The highest BCUT2D eigenvalue weighted by Gasteiger charge is 2.18. The van der Waals surface area contributed by atoms with Gasteiger partial charge in [0.05, 0.1) is 19.8 Å². The topological polar surface area (TPSA) is 58.5 Å².